The van der Waals surface area contributed by atoms with Gasteiger partial charge in [-0.15, -0.1) is 0 Å². The van der Waals surface area contributed by atoms with Crippen molar-refractivity contribution in [2.75, 3.05) is 26.2 Å². The minimum absolute atomic E-state index is 0.111. The molecule has 146 valence electrons. The number of piperazine rings is 1. The lowest BCUT2D eigenvalue weighted by Crippen LogP contribution is -2.48. The van der Waals surface area contributed by atoms with Gasteiger partial charge < -0.3 is 0 Å². The standard InChI is InChI=1S/C20H24ClFN2O2S/c1-2-3-16-4-7-18(8-5-16)27(25,26)24-12-10-23(11-13-24)15-17-6-9-20(22)19(21)14-17/h4-9,14H,2-3,10-13,15H2,1H3. The monoisotopic (exact) mass is 410 g/mol. The lowest BCUT2D eigenvalue weighted by atomic mass is 10.1. The highest BCUT2D eigenvalue weighted by molar-refractivity contribution is 7.89. The van der Waals surface area contributed by atoms with Crippen molar-refractivity contribution >= 4 is 21.6 Å². The van der Waals surface area contributed by atoms with E-state index in [4.69, 9.17) is 11.6 Å². The van der Waals surface area contributed by atoms with E-state index in [1.165, 1.54) is 10.4 Å². The first kappa shape index (κ1) is 20.3. The first-order chi connectivity index (χ1) is 12.9. The smallest absolute Gasteiger partial charge is 0.243 e. The molecule has 0 unspecified atom stereocenters. The third-order valence-electron chi connectivity index (χ3n) is 4.82. The van der Waals surface area contributed by atoms with Crippen LogP contribution in [0.1, 0.15) is 24.5 Å². The Morgan fingerprint density at radius 2 is 1.63 bits per heavy atom. The molecule has 1 aliphatic heterocycles. The summed E-state index contributed by atoms with van der Waals surface area (Å²) in [6.45, 7) is 4.86. The van der Waals surface area contributed by atoms with Crippen molar-refractivity contribution in [2.45, 2.75) is 31.2 Å². The number of nitrogens with zero attached hydrogens (tertiary/aromatic N) is 2. The van der Waals surface area contributed by atoms with Crippen molar-refractivity contribution in [2.24, 2.45) is 0 Å². The van der Waals surface area contributed by atoms with Gasteiger partial charge in [0.1, 0.15) is 5.82 Å². The molecule has 1 aliphatic rings. The van der Waals surface area contributed by atoms with Crippen LogP contribution in [0.2, 0.25) is 5.02 Å². The van der Waals surface area contributed by atoms with E-state index in [0.717, 1.165) is 24.0 Å². The molecule has 3 rings (SSSR count). The molecule has 1 fully saturated rings. The predicted molar refractivity (Wildman–Crippen MR) is 106 cm³/mol. The Labute approximate surface area is 165 Å². The Morgan fingerprint density at radius 3 is 2.22 bits per heavy atom. The summed E-state index contributed by atoms with van der Waals surface area (Å²) < 4.78 is 40.5. The van der Waals surface area contributed by atoms with E-state index in [-0.39, 0.29) is 5.02 Å². The van der Waals surface area contributed by atoms with E-state index in [2.05, 4.69) is 11.8 Å². The van der Waals surface area contributed by atoms with Gasteiger partial charge in [0.05, 0.1) is 9.92 Å². The quantitative estimate of drug-likeness (QED) is 0.724. The van der Waals surface area contributed by atoms with Crippen LogP contribution in [0.15, 0.2) is 47.4 Å². The highest BCUT2D eigenvalue weighted by atomic mass is 35.5. The zero-order valence-corrected chi connectivity index (χ0v) is 16.9. The average Bonchev–Trinajstić information content (AvgIpc) is 2.66. The van der Waals surface area contributed by atoms with Crippen LogP contribution in [0.4, 0.5) is 4.39 Å². The molecule has 27 heavy (non-hydrogen) atoms. The van der Waals surface area contributed by atoms with Gasteiger partial charge in [0.25, 0.3) is 0 Å². The van der Waals surface area contributed by atoms with Gasteiger partial charge in [-0.25, -0.2) is 12.8 Å². The highest BCUT2D eigenvalue weighted by Crippen LogP contribution is 2.21. The van der Waals surface area contributed by atoms with Crippen LogP contribution in [0, 0.1) is 5.82 Å². The number of sulfonamides is 1. The second kappa shape index (κ2) is 8.69. The Bertz CT molecular complexity index is 879. The lowest BCUT2D eigenvalue weighted by molar-refractivity contribution is 0.181. The van der Waals surface area contributed by atoms with E-state index in [0.29, 0.717) is 37.6 Å². The summed E-state index contributed by atoms with van der Waals surface area (Å²) in [6.07, 6.45) is 1.99. The molecule has 0 spiro atoms. The van der Waals surface area contributed by atoms with Crippen LogP contribution in [0.25, 0.3) is 0 Å². The van der Waals surface area contributed by atoms with E-state index >= 15 is 0 Å². The first-order valence-electron chi connectivity index (χ1n) is 9.15. The van der Waals surface area contributed by atoms with Gasteiger partial charge in [-0.05, 0) is 41.8 Å². The van der Waals surface area contributed by atoms with E-state index in [9.17, 15) is 12.8 Å². The fraction of sp³-hybridized carbons (Fsp3) is 0.400. The van der Waals surface area contributed by atoms with Crippen molar-refractivity contribution in [3.63, 3.8) is 0 Å². The van der Waals surface area contributed by atoms with Gasteiger partial charge in [-0.1, -0.05) is 43.1 Å². The molecule has 0 aromatic heterocycles. The normalized spacial score (nSPS) is 16.6. The van der Waals surface area contributed by atoms with Crippen molar-refractivity contribution in [1.29, 1.82) is 0 Å². The SMILES string of the molecule is CCCc1ccc(S(=O)(=O)N2CCN(Cc3ccc(F)c(Cl)c3)CC2)cc1. The van der Waals surface area contributed by atoms with E-state index in [1.54, 1.807) is 24.3 Å². The summed E-state index contributed by atoms with van der Waals surface area (Å²) in [5.41, 5.74) is 2.07. The second-order valence-electron chi connectivity index (χ2n) is 6.82. The Morgan fingerprint density at radius 1 is 1.00 bits per heavy atom. The van der Waals surface area contributed by atoms with Crippen molar-refractivity contribution in [1.82, 2.24) is 9.21 Å². The molecule has 0 radical (unpaired) electrons. The number of benzene rings is 2. The summed E-state index contributed by atoms with van der Waals surface area (Å²) in [5, 5.41) is 0.111. The largest absolute Gasteiger partial charge is 0.296 e. The maximum absolute atomic E-state index is 13.3. The first-order valence-corrected chi connectivity index (χ1v) is 11.0. The van der Waals surface area contributed by atoms with Crippen LogP contribution < -0.4 is 0 Å². The maximum atomic E-state index is 13.3. The molecule has 2 aromatic rings. The molecule has 0 saturated carbocycles. The van der Waals surface area contributed by atoms with E-state index in [1.807, 2.05) is 12.1 Å². The number of hydrogen-bond acceptors (Lipinski definition) is 3. The summed E-state index contributed by atoms with van der Waals surface area (Å²) in [6, 6.07) is 11.9. The lowest BCUT2D eigenvalue weighted by Gasteiger charge is -2.34. The summed E-state index contributed by atoms with van der Waals surface area (Å²) >= 11 is 5.83. The summed E-state index contributed by atoms with van der Waals surface area (Å²) in [4.78, 5) is 2.50. The molecular formula is C20H24ClFN2O2S. The molecule has 4 nitrogen and oxygen atoms in total. The molecule has 0 bridgehead atoms. The van der Waals surface area contributed by atoms with Gasteiger partial charge >= 0.3 is 0 Å². The Kier molecular flexibility index (Phi) is 6.52. The van der Waals surface area contributed by atoms with Crippen LogP contribution >= 0.6 is 11.6 Å². The van der Waals surface area contributed by atoms with Crippen molar-refractivity contribution in [3.05, 3.63) is 64.4 Å². The van der Waals surface area contributed by atoms with Gasteiger partial charge in [0.15, 0.2) is 0 Å². The Balaban J connectivity index is 1.61. The minimum Gasteiger partial charge on any atom is -0.296 e. The van der Waals surface area contributed by atoms with Gasteiger partial charge in [-0.2, -0.15) is 4.31 Å². The van der Waals surface area contributed by atoms with Crippen molar-refractivity contribution in [3.8, 4) is 0 Å². The molecular weight excluding hydrogens is 387 g/mol. The van der Waals surface area contributed by atoms with Crippen LogP contribution in [-0.2, 0) is 23.0 Å². The maximum Gasteiger partial charge on any atom is 0.243 e. The third-order valence-corrected chi connectivity index (χ3v) is 7.02. The molecule has 0 atom stereocenters. The molecule has 0 amide bonds. The zero-order chi connectivity index (χ0) is 19.4. The number of halogens is 2. The van der Waals surface area contributed by atoms with Crippen LogP contribution in [0.5, 0.6) is 0 Å². The second-order valence-corrected chi connectivity index (χ2v) is 9.17. The van der Waals surface area contributed by atoms with Crippen LogP contribution in [0.3, 0.4) is 0 Å². The van der Waals surface area contributed by atoms with E-state index < -0.39 is 15.8 Å². The number of rotatable bonds is 6. The molecule has 0 N–H and O–H groups in total. The molecule has 1 heterocycles. The van der Waals surface area contributed by atoms with Gasteiger partial charge in [-0.3, -0.25) is 4.90 Å². The molecule has 1 saturated heterocycles. The fourth-order valence-corrected chi connectivity index (χ4v) is 4.92. The summed E-state index contributed by atoms with van der Waals surface area (Å²) in [5.74, 6) is -0.429. The number of aryl methyl sites for hydroxylation is 1. The molecule has 2 aromatic carbocycles. The highest BCUT2D eigenvalue weighted by Gasteiger charge is 2.28. The fourth-order valence-electron chi connectivity index (χ4n) is 3.29. The predicted octanol–water partition coefficient (Wildman–Crippen LogP) is 3.94. The minimum atomic E-state index is -3.47. The topological polar surface area (TPSA) is 40.6 Å². The average molecular weight is 411 g/mol. The zero-order valence-electron chi connectivity index (χ0n) is 15.4. The third kappa shape index (κ3) is 4.88. The van der Waals surface area contributed by atoms with Crippen LogP contribution in [-0.4, -0.2) is 43.8 Å². The van der Waals surface area contributed by atoms with Gasteiger partial charge in [0, 0.05) is 32.7 Å². The van der Waals surface area contributed by atoms with Crippen molar-refractivity contribution < 1.29 is 12.8 Å². The number of hydrogen-bond donors (Lipinski definition) is 0. The Hall–Kier alpha value is -1.47. The molecule has 7 heteroatoms. The summed E-state index contributed by atoms with van der Waals surface area (Å²) in [7, 11) is -3.47. The molecule has 0 aliphatic carbocycles. The van der Waals surface area contributed by atoms with Gasteiger partial charge in [0.2, 0.25) is 10.0 Å².